The summed E-state index contributed by atoms with van der Waals surface area (Å²) in [6.07, 6.45) is -1.37. The molecule has 2 atom stereocenters. The third kappa shape index (κ3) is 5.33. The third-order valence-corrected chi connectivity index (χ3v) is 2.23. The summed E-state index contributed by atoms with van der Waals surface area (Å²) in [5.74, 6) is 1.14. The van der Waals surface area contributed by atoms with Crippen LogP contribution >= 0.6 is 0 Å². The molecule has 0 aromatic heterocycles. The van der Waals surface area contributed by atoms with Gasteiger partial charge in [-0.2, -0.15) is 0 Å². The molecule has 1 rings (SSSR count). The highest BCUT2D eigenvalue weighted by Crippen LogP contribution is 2.19. The minimum Gasteiger partial charge on any atom is -0.491 e. The Bertz CT molecular complexity index is 319. The van der Waals surface area contributed by atoms with Crippen LogP contribution in [-0.2, 0) is 0 Å². The van der Waals surface area contributed by atoms with Crippen LogP contribution in [0.25, 0.3) is 0 Å². The normalized spacial score (nSPS) is 14.0. The van der Waals surface area contributed by atoms with Gasteiger partial charge in [0.15, 0.2) is 0 Å². The number of ether oxygens (including phenoxy) is 2. The predicted molar refractivity (Wildman–Crippen MR) is 67.6 cm³/mol. The van der Waals surface area contributed by atoms with Gasteiger partial charge in [-0.05, 0) is 12.1 Å². The van der Waals surface area contributed by atoms with Crippen molar-refractivity contribution in [2.45, 2.75) is 12.2 Å². The fourth-order valence-corrected chi connectivity index (χ4v) is 1.17. The van der Waals surface area contributed by atoms with E-state index in [2.05, 4.69) is 0 Å². The minimum absolute atomic E-state index is 0.130. The lowest BCUT2D eigenvalue weighted by molar-refractivity contribution is 0.110. The van der Waals surface area contributed by atoms with E-state index in [1.165, 1.54) is 0 Å². The quantitative estimate of drug-likeness (QED) is 0.479. The van der Waals surface area contributed by atoms with E-state index < -0.39 is 12.2 Å². The maximum Gasteiger partial charge on any atom is 0.123 e. The summed E-state index contributed by atoms with van der Waals surface area (Å²) in [4.78, 5) is 0. The molecule has 0 saturated carbocycles. The molecule has 0 heterocycles. The van der Waals surface area contributed by atoms with Crippen LogP contribution < -0.4 is 20.9 Å². The van der Waals surface area contributed by atoms with Crippen LogP contribution in [0.3, 0.4) is 0 Å². The van der Waals surface area contributed by atoms with Crippen molar-refractivity contribution in [3.05, 3.63) is 24.3 Å². The SMILES string of the molecule is NCC(O)COc1cccc(OCC(O)CN)c1. The number of aliphatic hydroxyl groups excluding tert-OH is 2. The number of rotatable bonds is 8. The number of aliphatic hydroxyl groups is 2. The lowest BCUT2D eigenvalue weighted by Crippen LogP contribution is -2.27. The topological polar surface area (TPSA) is 111 Å². The average molecular weight is 256 g/mol. The monoisotopic (exact) mass is 256 g/mol. The highest BCUT2D eigenvalue weighted by Gasteiger charge is 2.05. The van der Waals surface area contributed by atoms with E-state index in [0.717, 1.165) is 0 Å². The van der Waals surface area contributed by atoms with Crippen molar-refractivity contribution in [3.63, 3.8) is 0 Å². The largest absolute Gasteiger partial charge is 0.491 e. The Labute approximate surface area is 106 Å². The maximum atomic E-state index is 9.27. The molecule has 0 aliphatic heterocycles. The van der Waals surface area contributed by atoms with Crippen molar-refractivity contribution >= 4 is 0 Å². The molecule has 0 fully saturated rings. The van der Waals surface area contributed by atoms with Crippen LogP contribution in [0, 0.1) is 0 Å². The molecule has 6 nitrogen and oxygen atoms in total. The van der Waals surface area contributed by atoms with Crippen LogP contribution in [0.1, 0.15) is 0 Å². The summed E-state index contributed by atoms with van der Waals surface area (Å²) in [6.45, 7) is 0.564. The third-order valence-electron chi connectivity index (χ3n) is 2.23. The zero-order valence-corrected chi connectivity index (χ0v) is 10.2. The van der Waals surface area contributed by atoms with Gasteiger partial charge < -0.3 is 31.2 Å². The molecule has 0 saturated heterocycles. The first-order valence-electron chi connectivity index (χ1n) is 5.77. The highest BCUT2D eigenvalue weighted by molar-refractivity contribution is 5.32. The van der Waals surface area contributed by atoms with Crippen molar-refractivity contribution in [2.24, 2.45) is 11.5 Å². The lowest BCUT2D eigenvalue weighted by atomic mass is 10.3. The van der Waals surface area contributed by atoms with Crippen LogP contribution in [0.2, 0.25) is 0 Å². The second kappa shape index (κ2) is 7.88. The fraction of sp³-hybridized carbons (Fsp3) is 0.500. The first-order valence-corrected chi connectivity index (χ1v) is 5.77. The number of hydrogen-bond acceptors (Lipinski definition) is 6. The van der Waals surface area contributed by atoms with E-state index in [1.54, 1.807) is 24.3 Å². The summed E-state index contributed by atoms with van der Waals surface area (Å²) in [5, 5.41) is 18.5. The fourth-order valence-electron chi connectivity index (χ4n) is 1.17. The minimum atomic E-state index is -0.686. The first-order chi connectivity index (χ1) is 8.65. The van der Waals surface area contributed by atoms with Gasteiger partial charge in [0.2, 0.25) is 0 Å². The Hall–Kier alpha value is -1.34. The van der Waals surface area contributed by atoms with E-state index >= 15 is 0 Å². The van der Waals surface area contributed by atoms with Crippen molar-refractivity contribution in [1.82, 2.24) is 0 Å². The molecule has 1 aromatic rings. The molecule has 6 heteroatoms. The van der Waals surface area contributed by atoms with Crippen LogP contribution in [0.4, 0.5) is 0 Å². The van der Waals surface area contributed by atoms with E-state index in [0.29, 0.717) is 11.5 Å². The van der Waals surface area contributed by atoms with Gasteiger partial charge in [-0.25, -0.2) is 0 Å². The standard InChI is InChI=1S/C12H20N2O4/c13-5-9(15)7-17-11-2-1-3-12(4-11)18-8-10(16)6-14/h1-4,9-10,15-16H,5-8,13-14H2. The van der Waals surface area contributed by atoms with E-state index in [4.69, 9.17) is 20.9 Å². The molecular weight excluding hydrogens is 236 g/mol. The molecule has 1 aromatic carbocycles. The Morgan fingerprint density at radius 3 is 1.78 bits per heavy atom. The number of benzene rings is 1. The van der Waals surface area contributed by atoms with Crippen LogP contribution in [-0.4, -0.2) is 48.7 Å². The van der Waals surface area contributed by atoms with Gasteiger partial charge >= 0.3 is 0 Å². The molecule has 6 N–H and O–H groups in total. The van der Waals surface area contributed by atoms with Crippen molar-refractivity contribution in [2.75, 3.05) is 26.3 Å². The van der Waals surface area contributed by atoms with Crippen molar-refractivity contribution in [1.29, 1.82) is 0 Å². The summed E-state index contributed by atoms with van der Waals surface area (Å²) < 4.78 is 10.7. The van der Waals surface area contributed by atoms with Crippen molar-refractivity contribution < 1.29 is 19.7 Å². The molecule has 0 aliphatic rings. The van der Waals surface area contributed by atoms with Crippen molar-refractivity contribution in [3.8, 4) is 11.5 Å². The van der Waals surface area contributed by atoms with Gasteiger partial charge in [0, 0.05) is 19.2 Å². The average Bonchev–Trinajstić information content (AvgIpc) is 2.42. The molecular formula is C12H20N2O4. The van der Waals surface area contributed by atoms with E-state index in [9.17, 15) is 10.2 Å². The zero-order valence-electron chi connectivity index (χ0n) is 10.2. The number of nitrogens with two attached hydrogens (primary N) is 2. The maximum absolute atomic E-state index is 9.27. The molecule has 0 amide bonds. The van der Waals surface area contributed by atoms with Gasteiger partial charge in [0.25, 0.3) is 0 Å². The molecule has 0 spiro atoms. The Kier molecular flexibility index (Phi) is 6.45. The summed E-state index contributed by atoms with van der Waals surface area (Å²) in [5.41, 5.74) is 10.5. The zero-order chi connectivity index (χ0) is 13.4. The van der Waals surface area contributed by atoms with Gasteiger partial charge in [0.1, 0.15) is 36.9 Å². The highest BCUT2D eigenvalue weighted by atomic mass is 16.5. The Morgan fingerprint density at radius 1 is 0.944 bits per heavy atom. The molecule has 0 bridgehead atoms. The van der Waals surface area contributed by atoms with Crippen LogP contribution in [0.15, 0.2) is 24.3 Å². The summed E-state index contributed by atoms with van der Waals surface area (Å²) in [7, 11) is 0. The summed E-state index contributed by atoms with van der Waals surface area (Å²) >= 11 is 0. The summed E-state index contributed by atoms with van der Waals surface area (Å²) in [6, 6.07) is 6.92. The number of hydrogen-bond donors (Lipinski definition) is 4. The van der Waals surface area contributed by atoms with Gasteiger partial charge in [-0.1, -0.05) is 6.07 Å². The van der Waals surface area contributed by atoms with E-state index in [1.807, 2.05) is 0 Å². The van der Waals surface area contributed by atoms with Gasteiger partial charge in [-0.3, -0.25) is 0 Å². The molecule has 0 radical (unpaired) electrons. The second-order valence-electron chi connectivity index (χ2n) is 3.88. The first kappa shape index (κ1) is 14.7. The Balaban J connectivity index is 2.46. The lowest BCUT2D eigenvalue weighted by Gasteiger charge is -2.13. The van der Waals surface area contributed by atoms with Gasteiger partial charge in [-0.15, -0.1) is 0 Å². The molecule has 102 valence electrons. The van der Waals surface area contributed by atoms with E-state index in [-0.39, 0.29) is 26.3 Å². The molecule has 2 unspecified atom stereocenters. The molecule has 0 aliphatic carbocycles. The van der Waals surface area contributed by atoms with Gasteiger partial charge in [0.05, 0.1) is 0 Å². The molecule has 18 heavy (non-hydrogen) atoms. The Morgan fingerprint density at radius 2 is 1.39 bits per heavy atom. The smallest absolute Gasteiger partial charge is 0.123 e. The predicted octanol–water partition coefficient (Wildman–Crippen LogP) is -0.917. The second-order valence-corrected chi connectivity index (χ2v) is 3.88. The van der Waals surface area contributed by atoms with Crippen LogP contribution in [0.5, 0.6) is 11.5 Å².